The Morgan fingerprint density at radius 2 is 2.12 bits per heavy atom. The second kappa shape index (κ2) is 12.4. The van der Waals surface area contributed by atoms with Crippen LogP contribution in [0.5, 0.6) is 0 Å². The summed E-state index contributed by atoms with van der Waals surface area (Å²) in [5, 5.41) is 14.9. The molecule has 0 radical (unpaired) electrons. The smallest absolute Gasteiger partial charge is 0.232 e. The van der Waals surface area contributed by atoms with E-state index in [-0.39, 0.29) is 18.5 Å². The van der Waals surface area contributed by atoms with E-state index in [0.717, 1.165) is 25.0 Å². The highest BCUT2D eigenvalue weighted by molar-refractivity contribution is 5.68. The molecule has 2 aliphatic heterocycles. The Hall–Kier alpha value is -2.30. The average Bonchev–Trinajstić information content (AvgIpc) is 3.50. The lowest BCUT2D eigenvalue weighted by Gasteiger charge is -2.30. The summed E-state index contributed by atoms with van der Waals surface area (Å²) in [6.07, 6.45) is 3.05. The fourth-order valence-electron chi connectivity index (χ4n) is 4.46. The van der Waals surface area contributed by atoms with Crippen LogP contribution < -0.4 is 4.90 Å². The highest BCUT2D eigenvalue weighted by Gasteiger charge is 2.29. The fraction of sp³-hybridized carbons (Fsp3) is 0.560. The number of aliphatic hydroxyl groups is 1. The summed E-state index contributed by atoms with van der Waals surface area (Å²) in [7, 11) is 0. The van der Waals surface area contributed by atoms with Crippen LogP contribution in [0.25, 0.3) is 11.3 Å². The van der Waals surface area contributed by atoms with Gasteiger partial charge in [0.2, 0.25) is 5.88 Å². The van der Waals surface area contributed by atoms with E-state index >= 15 is 0 Å². The number of nitrogens with zero attached hydrogens (tertiary/aromatic N) is 3. The number of aromatic nitrogens is 1. The molecule has 186 valence electrons. The SMILES string of the molecule is C=CCOC[C@@H](O)CN(Cc1c(-c2ccccc2F)noc1N1CCOCC1)C[C@@H]1CCCO1. The Balaban J connectivity index is 1.61. The van der Waals surface area contributed by atoms with Crippen LogP contribution in [0.2, 0.25) is 0 Å². The van der Waals surface area contributed by atoms with Gasteiger partial charge in [-0.3, -0.25) is 4.90 Å². The Morgan fingerprint density at radius 3 is 2.85 bits per heavy atom. The molecule has 1 aromatic heterocycles. The molecule has 1 aromatic carbocycles. The molecule has 2 fully saturated rings. The van der Waals surface area contributed by atoms with Gasteiger partial charge in [0.1, 0.15) is 11.5 Å². The van der Waals surface area contributed by atoms with Crippen LogP contribution in [0.3, 0.4) is 0 Å². The first-order valence-electron chi connectivity index (χ1n) is 11.9. The maximum absolute atomic E-state index is 14.7. The Labute approximate surface area is 199 Å². The highest BCUT2D eigenvalue weighted by atomic mass is 19.1. The average molecular weight is 476 g/mol. The zero-order valence-corrected chi connectivity index (χ0v) is 19.5. The first-order valence-corrected chi connectivity index (χ1v) is 11.9. The molecule has 2 aromatic rings. The van der Waals surface area contributed by atoms with E-state index in [1.807, 2.05) is 0 Å². The van der Waals surface area contributed by atoms with Crippen LogP contribution in [-0.4, -0.2) is 86.6 Å². The maximum Gasteiger partial charge on any atom is 0.232 e. The van der Waals surface area contributed by atoms with E-state index in [0.29, 0.717) is 69.7 Å². The number of benzene rings is 1. The summed E-state index contributed by atoms with van der Waals surface area (Å²) in [4.78, 5) is 4.21. The van der Waals surface area contributed by atoms with Crippen molar-refractivity contribution in [2.24, 2.45) is 0 Å². The standard InChI is InChI=1S/C25H34FN3O5/c1-2-11-32-18-19(30)15-28(16-20-6-5-12-33-20)17-22-24(21-7-3-4-8-23(21)26)27-34-25(22)29-9-13-31-14-10-29/h2-4,7-8,19-20,30H,1,5-6,9-18H2/t19-,20-/m0/s1. The lowest BCUT2D eigenvalue weighted by molar-refractivity contribution is 0.00857. The molecule has 0 spiro atoms. The summed E-state index contributed by atoms with van der Waals surface area (Å²) in [6, 6.07) is 6.58. The molecule has 4 rings (SSSR count). The van der Waals surface area contributed by atoms with Crippen LogP contribution in [0.15, 0.2) is 41.4 Å². The maximum atomic E-state index is 14.7. The van der Waals surface area contributed by atoms with Gasteiger partial charge in [-0.05, 0) is 25.0 Å². The van der Waals surface area contributed by atoms with E-state index in [4.69, 9.17) is 18.7 Å². The number of aliphatic hydroxyl groups excluding tert-OH is 1. The quantitative estimate of drug-likeness (QED) is 0.371. The molecule has 2 atom stereocenters. The molecule has 2 aliphatic rings. The summed E-state index contributed by atoms with van der Waals surface area (Å²) >= 11 is 0. The van der Waals surface area contributed by atoms with Gasteiger partial charge in [0.05, 0.1) is 44.2 Å². The van der Waals surface area contributed by atoms with E-state index in [2.05, 4.69) is 21.5 Å². The topological polar surface area (TPSA) is 80.4 Å². The van der Waals surface area contributed by atoms with Crippen LogP contribution in [-0.2, 0) is 20.8 Å². The van der Waals surface area contributed by atoms with E-state index < -0.39 is 6.10 Å². The molecule has 9 heteroatoms. The van der Waals surface area contributed by atoms with Crippen LogP contribution in [0, 0.1) is 5.82 Å². The lowest BCUT2D eigenvalue weighted by atomic mass is 10.1. The molecule has 0 saturated carbocycles. The molecular weight excluding hydrogens is 441 g/mol. The molecule has 34 heavy (non-hydrogen) atoms. The molecule has 1 N–H and O–H groups in total. The molecule has 0 bridgehead atoms. The summed E-state index contributed by atoms with van der Waals surface area (Å²) < 4.78 is 37.4. The minimum atomic E-state index is -0.690. The third-order valence-electron chi connectivity index (χ3n) is 6.08. The number of anilines is 1. The van der Waals surface area contributed by atoms with Gasteiger partial charge >= 0.3 is 0 Å². The van der Waals surface area contributed by atoms with Gasteiger partial charge in [-0.1, -0.05) is 23.4 Å². The first-order chi connectivity index (χ1) is 16.7. The summed E-state index contributed by atoms with van der Waals surface area (Å²) in [5.74, 6) is 0.269. The second-order valence-electron chi connectivity index (χ2n) is 8.70. The van der Waals surface area contributed by atoms with Crippen LogP contribution in [0.4, 0.5) is 10.3 Å². The van der Waals surface area contributed by atoms with Crippen molar-refractivity contribution in [3.8, 4) is 11.3 Å². The first kappa shape index (κ1) is 24.8. The number of hydrogen-bond acceptors (Lipinski definition) is 8. The minimum absolute atomic E-state index is 0.0879. The normalized spacial score (nSPS) is 19.6. The van der Waals surface area contributed by atoms with Gasteiger partial charge in [0, 0.05) is 44.9 Å². The van der Waals surface area contributed by atoms with E-state index in [9.17, 15) is 9.50 Å². The third kappa shape index (κ3) is 6.43. The number of rotatable bonds is 12. The fourth-order valence-corrected chi connectivity index (χ4v) is 4.46. The van der Waals surface area contributed by atoms with Crippen molar-refractivity contribution in [1.29, 1.82) is 0 Å². The van der Waals surface area contributed by atoms with Crippen LogP contribution in [0.1, 0.15) is 18.4 Å². The zero-order valence-electron chi connectivity index (χ0n) is 19.5. The highest BCUT2D eigenvalue weighted by Crippen LogP contribution is 2.34. The Kier molecular flexibility index (Phi) is 9.06. The molecule has 3 heterocycles. The lowest BCUT2D eigenvalue weighted by Crippen LogP contribution is -2.40. The van der Waals surface area contributed by atoms with Gasteiger partial charge in [0.15, 0.2) is 0 Å². The number of hydrogen-bond donors (Lipinski definition) is 1. The molecule has 0 aliphatic carbocycles. The predicted molar refractivity (Wildman–Crippen MR) is 126 cm³/mol. The number of halogens is 1. The number of morpholine rings is 1. The van der Waals surface area contributed by atoms with Gasteiger partial charge < -0.3 is 28.7 Å². The minimum Gasteiger partial charge on any atom is -0.389 e. The van der Waals surface area contributed by atoms with Gasteiger partial charge in [-0.15, -0.1) is 6.58 Å². The van der Waals surface area contributed by atoms with Crippen molar-refractivity contribution in [2.75, 3.05) is 64.1 Å². The molecule has 0 amide bonds. The molecule has 2 saturated heterocycles. The molecule has 0 unspecified atom stereocenters. The van der Waals surface area contributed by atoms with Gasteiger partial charge in [-0.25, -0.2) is 4.39 Å². The summed E-state index contributed by atoms with van der Waals surface area (Å²) in [6.45, 7) is 8.94. The van der Waals surface area contributed by atoms with Crippen molar-refractivity contribution >= 4 is 5.88 Å². The Bertz CT molecular complexity index is 912. The monoisotopic (exact) mass is 475 g/mol. The molecular formula is C25H34FN3O5. The van der Waals surface area contributed by atoms with E-state index in [1.54, 1.807) is 24.3 Å². The van der Waals surface area contributed by atoms with Gasteiger partial charge in [0.25, 0.3) is 0 Å². The van der Waals surface area contributed by atoms with Crippen molar-refractivity contribution in [1.82, 2.24) is 10.1 Å². The van der Waals surface area contributed by atoms with Crippen LogP contribution >= 0.6 is 0 Å². The molecule has 8 nitrogen and oxygen atoms in total. The largest absolute Gasteiger partial charge is 0.389 e. The predicted octanol–water partition coefficient (Wildman–Crippen LogP) is 2.86. The van der Waals surface area contributed by atoms with Crippen molar-refractivity contribution in [2.45, 2.75) is 31.6 Å². The van der Waals surface area contributed by atoms with Gasteiger partial charge in [-0.2, -0.15) is 0 Å². The van der Waals surface area contributed by atoms with Crippen molar-refractivity contribution in [3.05, 3.63) is 48.3 Å². The van der Waals surface area contributed by atoms with Crippen molar-refractivity contribution in [3.63, 3.8) is 0 Å². The Morgan fingerprint density at radius 1 is 1.29 bits per heavy atom. The third-order valence-corrected chi connectivity index (χ3v) is 6.08. The second-order valence-corrected chi connectivity index (χ2v) is 8.70. The summed E-state index contributed by atoms with van der Waals surface area (Å²) in [5.41, 5.74) is 1.67. The van der Waals surface area contributed by atoms with Crippen molar-refractivity contribution < 1.29 is 28.2 Å². The number of ether oxygens (including phenoxy) is 3. The van der Waals surface area contributed by atoms with E-state index in [1.165, 1.54) is 6.07 Å². The zero-order chi connectivity index (χ0) is 23.8.